The van der Waals surface area contributed by atoms with E-state index in [1.54, 1.807) is 6.07 Å². The Kier molecular flexibility index (Phi) is 4.93. The van der Waals surface area contributed by atoms with Gasteiger partial charge in [0.25, 0.3) is 0 Å². The molecule has 0 bridgehead atoms. The molecule has 0 radical (unpaired) electrons. The average Bonchev–Trinajstić information content (AvgIpc) is 2.22. The molecule has 0 unspecified atom stereocenters. The predicted molar refractivity (Wildman–Crippen MR) is 66.1 cm³/mol. The Morgan fingerprint density at radius 3 is 2.65 bits per heavy atom. The van der Waals surface area contributed by atoms with E-state index < -0.39 is 18.1 Å². The van der Waals surface area contributed by atoms with Crippen molar-refractivity contribution in [2.24, 2.45) is 0 Å². The molecule has 1 rings (SSSR count). The van der Waals surface area contributed by atoms with Crippen LogP contribution in [0.25, 0.3) is 0 Å². The van der Waals surface area contributed by atoms with Gasteiger partial charge in [-0.25, -0.2) is 0 Å². The second-order valence-electron chi connectivity index (χ2n) is 4.02. The number of nitrogens with one attached hydrogen (secondary N) is 1. The summed E-state index contributed by atoms with van der Waals surface area (Å²) in [6.07, 6.45) is -0.944. The average molecular weight is 258 g/mol. The van der Waals surface area contributed by atoms with Crippen LogP contribution in [0, 0.1) is 6.92 Å². The number of aliphatic hydroxyl groups excluding tert-OH is 1. The lowest BCUT2D eigenvalue weighted by molar-refractivity contribution is -0.142. The molecular weight excluding hydrogens is 242 g/mol. The van der Waals surface area contributed by atoms with Gasteiger partial charge in [-0.05, 0) is 31.0 Å². The molecule has 94 valence electrons. The van der Waals surface area contributed by atoms with Crippen LogP contribution in [-0.4, -0.2) is 28.3 Å². The molecule has 3 N–H and O–H groups in total. The molecule has 0 aliphatic rings. The maximum absolute atomic E-state index is 10.8. The molecule has 0 heterocycles. The number of aliphatic hydroxyl groups is 1. The van der Waals surface area contributed by atoms with Crippen molar-refractivity contribution in [2.75, 3.05) is 0 Å². The highest BCUT2D eigenvalue weighted by molar-refractivity contribution is 6.31. The fraction of sp³-hybridized carbons (Fsp3) is 0.417. The normalized spacial score (nSPS) is 14.4. The van der Waals surface area contributed by atoms with E-state index in [9.17, 15) is 9.90 Å². The van der Waals surface area contributed by atoms with E-state index in [0.29, 0.717) is 11.6 Å². The van der Waals surface area contributed by atoms with Crippen LogP contribution < -0.4 is 5.32 Å². The largest absolute Gasteiger partial charge is 0.480 e. The second kappa shape index (κ2) is 6.00. The quantitative estimate of drug-likeness (QED) is 0.749. The Morgan fingerprint density at radius 2 is 2.18 bits per heavy atom. The van der Waals surface area contributed by atoms with Gasteiger partial charge in [0.15, 0.2) is 0 Å². The molecule has 0 amide bonds. The Morgan fingerprint density at radius 1 is 1.53 bits per heavy atom. The van der Waals surface area contributed by atoms with Gasteiger partial charge in [0, 0.05) is 11.6 Å². The summed E-state index contributed by atoms with van der Waals surface area (Å²) < 4.78 is 0. The first-order valence-electron chi connectivity index (χ1n) is 5.31. The predicted octanol–water partition coefficient (Wildman–Crippen LogP) is 1.57. The van der Waals surface area contributed by atoms with Crippen LogP contribution in [0.4, 0.5) is 0 Å². The van der Waals surface area contributed by atoms with E-state index in [1.807, 2.05) is 19.1 Å². The lowest BCUT2D eigenvalue weighted by Crippen LogP contribution is -2.44. The maximum Gasteiger partial charge on any atom is 0.323 e. The standard InChI is InChI=1S/C12H16ClNO3/c1-7-5-9(3-4-10(7)13)6-14-11(8(2)15)12(16)17/h3-5,8,11,14-15H,6H2,1-2H3,(H,16,17)/t8-,11-/m1/s1. The Bertz CT molecular complexity index is 407. The lowest BCUT2D eigenvalue weighted by atomic mass is 10.1. The van der Waals surface area contributed by atoms with E-state index in [2.05, 4.69) is 5.32 Å². The third-order valence-corrected chi connectivity index (χ3v) is 2.92. The number of aryl methyl sites for hydroxylation is 1. The molecule has 5 heteroatoms. The number of rotatable bonds is 5. The van der Waals surface area contributed by atoms with E-state index >= 15 is 0 Å². The Hall–Kier alpha value is -1.10. The first-order chi connectivity index (χ1) is 7.91. The Labute approximate surface area is 105 Å². The molecule has 1 aromatic carbocycles. The molecule has 0 saturated carbocycles. The number of aliphatic carboxylic acids is 1. The molecule has 0 saturated heterocycles. The van der Waals surface area contributed by atoms with Gasteiger partial charge >= 0.3 is 5.97 Å². The maximum atomic E-state index is 10.8. The zero-order valence-electron chi connectivity index (χ0n) is 9.77. The van der Waals surface area contributed by atoms with Crippen molar-refractivity contribution in [3.8, 4) is 0 Å². The number of carboxylic acids is 1. The minimum Gasteiger partial charge on any atom is -0.480 e. The molecule has 17 heavy (non-hydrogen) atoms. The molecule has 0 aliphatic carbocycles. The van der Waals surface area contributed by atoms with Gasteiger partial charge in [0.2, 0.25) is 0 Å². The van der Waals surface area contributed by atoms with Crippen molar-refractivity contribution in [1.29, 1.82) is 0 Å². The summed E-state index contributed by atoms with van der Waals surface area (Å²) in [4.78, 5) is 10.8. The molecule has 1 aromatic rings. The van der Waals surface area contributed by atoms with Gasteiger partial charge in [-0.15, -0.1) is 0 Å². The molecule has 0 aromatic heterocycles. The van der Waals surface area contributed by atoms with Crippen LogP contribution in [0.15, 0.2) is 18.2 Å². The minimum absolute atomic E-state index is 0.375. The van der Waals surface area contributed by atoms with Crippen molar-refractivity contribution in [2.45, 2.75) is 32.5 Å². The SMILES string of the molecule is Cc1cc(CN[C@@H](C(=O)O)[C@@H](C)O)ccc1Cl. The van der Waals surface area contributed by atoms with E-state index in [-0.39, 0.29) is 0 Å². The van der Waals surface area contributed by atoms with Gasteiger partial charge in [-0.2, -0.15) is 0 Å². The van der Waals surface area contributed by atoms with Crippen molar-refractivity contribution in [3.05, 3.63) is 34.3 Å². The lowest BCUT2D eigenvalue weighted by Gasteiger charge is -2.17. The summed E-state index contributed by atoms with van der Waals surface area (Å²) in [6.45, 7) is 3.70. The first-order valence-corrected chi connectivity index (χ1v) is 5.69. The molecule has 0 fully saturated rings. The van der Waals surface area contributed by atoms with E-state index in [0.717, 1.165) is 11.1 Å². The van der Waals surface area contributed by atoms with Crippen LogP contribution in [0.5, 0.6) is 0 Å². The molecule has 0 spiro atoms. The minimum atomic E-state index is -1.06. The fourth-order valence-electron chi connectivity index (χ4n) is 1.51. The van der Waals surface area contributed by atoms with Crippen LogP contribution in [0.3, 0.4) is 0 Å². The van der Waals surface area contributed by atoms with Crippen molar-refractivity contribution in [1.82, 2.24) is 5.32 Å². The fourth-order valence-corrected chi connectivity index (χ4v) is 1.63. The Balaban J connectivity index is 2.65. The number of hydrogen-bond donors (Lipinski definition) is 3. The highest BCUT2D eigenvalue weighted by Crippen LogP contribution is 2.16. The van der Waals surface area contributed by atoms with Crippen molar-refractivity contribution < 1.29 is 15.0 Å². The van der Waals surface area contributed by atoms with Gasteiger partial charge in [0.05, 0.1) is 6.10 Å². The van der Waals surface area contributed by atoms with E-state index in [1.165, 1.54) is 6.92 Å². The zero-order chi connectivity index (χ0) is 13.0. The number of carbonyl (C=O) groups is 1. The number of benzene rings is 1. The summed E-state index contributed by atoms with van der Waals surface area (Å²) in [5, 5.41) is 21.6. The molecule has 2 atom stereocenters. The highest BCUT2D eigenvalue weighted by Gasteiger charge is 2.21. The van der Waals surface area contributed by atoms with Crippen LogP contribution >= 0.6 is 11.6 Å². The van der Waals surface area contributed by atoms with Gasteiger partial charge in [-0.3, -0.25) is 10.1 Å². The summed E-state index contributed by atoms with van der Waals surface area (Å²) in [5.41, 5.74) is 1.87. The highest BCUT2D eigenvalue weighted by atomic mass is 35.5. The van der Waals surface area contributed by atoms with Crippen LogP contribution in [0.1, 0.15) is 18.1 Å². The summed E-state index contributed by atoms with van der Waals surface area (Å²) in [5.74, 6) is -1.06. The van der Waals surface area contributed by atoms with Crippen molar-refractivity contribution in [3.63, 3.8) is 0 Å². The third-order valence-electron chi connectivity index (χ3n) is 2.50. The first kappa shape index (κ1) is 14.0. The molecule has 0 aliphatic heterocycles. The summed E-state index contributed by atoms with van der Waals surface area (Å²) in [6, 6.07) is 4.51. The van der Waals surface area contributed by atoms with Gasteiger partial charge in [0.1, 0.15) is 6.04 Å². The topological polar surface area (TPSA) is 69.6 Å². The monoisotopic (exact) mass is 257 g/mol. The third kappa shape index (κ3) is 4.00. The number of halogens is 1. The smallest absolute Gasteiger partial charge is 0.323 e. The summed E-state index contributed by atoms with van der Waals surface area (Å²) >= 11 is 5.89. The van der Waals surface area contributed by atoms with Crippen LogP contribution in [-0.2, 0) is 11.3 Å². The van der Waals surface area contributed by atoms with Crippen molar-refractivity contribution >= 4 is 17.6 Å². The zero-order valence-corrected chi connectivity index (χ0v) is 10.5. The van der Waals surface area contributed by atoms with Gasteiger partial charge in [-0.1, -0.05) is 23.7 Å². The van der Waals surface area contributed by atoms with Gasteiger partial charge < -0.3 is 10.2 Å². The second-order valence-corrected chi connectivity index (χ2v) is 4.43. The van der Waals surface area contributed by atoms with Crippen LogP contribution in [0.2, 0.25) is 5.02 Å². The number of hydrogen-bond acceptors (Lipinski definition) is 3. The summed E-state index contributed by atoms with van der Waals surface area (Å²) in [7, 11) is 0. The molecular formula is C12H16ClNO3. The molecule has 4 nitrogen and oxygen atoms in total. The van der Waals surface area contributed by atoms with E-state index in [4.69, 9.17) is 16.7 Å². The number of carboxylic acid groups (broad SMARTS) is 1.